The molecule has 21 heavy (non-hydrogen) atoms. The minimum Gasteiger partial charge on any atom is -0.342 e. The summed E-state index contributed by atoms with van der Waals surface area (Å²) in [6.07, 6.45) is 4.99. The molecule has 5 nitrogen and oxygen atoms in total. The van der Waals surface area contributed by atoms with E-state index < -0.39 is 0 Å². The van der Waals surface area contributed by atoms with Crippen LogP contribution in [0.3, 0.4) is 0 Å². The molecule has 1 saturated carbocycles. The lowest BCUT2D eigenvalue weighted by atomic mass is 10.1. The van der Waals surface area contributed by atoms with E-state index in [2.05, 4.69) is 16.5 Å². The van der Waals surface area contributed by atoms with Crippen LogP contribution in [-0.2, 0) is 11.3 Å². The van der Waals surface area contributed by atoms with E-state index in [1.165, 1.54) is 0 Å². The van der Waals surface area contributed by atoms with Gasteiger partial charge in [-0.05, 0) is 38.3 Å². The maximum Gasteiger partial charge on any atom is 0.225 e. The molecule has 2 aromatic rings. The first kappa shape index (κ1) is 12.8. The third-order valence-electron chi connectivity index (χ3n) is 4.64. The number of nitrogens with zero attached hydrogens (tertiary/aromatic N) is 4. The maximum absolute atomic E-state index is 12.2. The molecule has 0 radical (unpaired) electrons. The lowest BCUT2D eigenvalue weighted by molar-refractivity contribution is -0.131. The lowest BCUT2D eigenvalue weighted by Gasteiger charge is -2.16. The van der Waals surface area contributed by atoms with Crippen LogP contribution in [0.1, 0.15) is 37.9 Å². The van der Waals surface area contributed by atoms with E-state index in [1.807, 2.05) is 23.2 Å². The van der Waals surface area contributed by atoms with Gasteiger partial charge in [0.05, 0.1) is 0 Å². The number of fused-ring (bicyclic) bond motifs is 1. The number of hydrogen-bond donors (Lipinski definition) is 0. The third-order valence-corrected chi connectivity index (χ3v) is 4.64. The van der Waals surface area contributed by atoms with Gasteiger partial charge in [-0.1, -0.05) is 0 Å². The van der Waals surface area contributed by atoms with Crippen LogP contribution in [0.2, 0.25) is 0 Å². The number of aryl methyl sites for hydroxylation is 1. The van der Waals surface area contributed by atoms with Gasteiger partial charge in [0.25, 0.3) is 0 Å². The number of carbonyl (C=O) groups is 1. The van der Waals surface area contributed by atoms with Crippen LogP contribution in [-0.4, -0.2) is 38.4 Å². The van der Waals surface area contributed by atoms with Crippen molar-refractivity contribution < 1.29 is 4.79 Å². The molecule has 0 aromatic carbocycles. The van der Waals surface area contributed by atoms with E-state index in [0.29, 0.717) is 17.7 Å². The van der Waals surface area contributed by atoms with Crippen LogP contribution in [0.4, 0.5) is 0 Å². The number of amides is 1. The van der Waals surface area contributed by atoms with Gasteiger partial charge in [-0.2, -0.15) is 0 Å². The summed E-state index contributed by atoms with van der Waals surface area (Å²) in [6.45, 7) is 4.69. The van der Waals surface area contributed by atoms with Crippen LogP contribution in [0, 0.1) is 5.92 Å². The highest BCUT2D eigenvalue weighted by Gasteiger charge is 2.38. The van der Waals surface area contributed by atoms with E-state index in [0.717, 1.165) is 55.9 Å². The topological polar surface area (TPSA) is 51.0 Å². The molecule has 1 aliphatic carbocycles. The van der Waals surface area contributed by atoms with Gasteiger partial charge >= 0.3 is 0 Å². The molecular formula is C16H20N4O. The first-order valence-electron chi connectivity index (χ1n) is 7.88. The van der Waals surface area contributed by atoms with Crippen molar-refractivity contribution in [3.8, 4) is 0 Å². The highest BCUT2D eigenvalue weighted by Crippen LogP contribution is 2.35. The summed E-state index contributed by atoms with van der Waals surface area (Å²) < 4.78 is 2.20. The van der Waals surface area contributed by atoms with Gasteiger partial charge in [-0.3, -0.25) is 4.79 Å². The Morgan fingerprint density at radius 2 is 2.24 bits per heavy atom. The molecule has 5 heteroatoms. The quantitative estimate of drug-likeness (QED) is 0.868. The summed E-state index contributed by atoms with van der Waals surface area (Å²) in [5.74, 6) is 2.12. The number of pyridine rings is 1. The molecule has 0 N–H and O–H groups in total. The Bertz CT molecular complexity index is 689. The molecular weight excluding hydrogens is 264 g/mol. The zero-order chi connectivity index (χ0) is 14.4. The number of likely N-dealkylation sites (tertiary alicyclic amines) is 1. The molecule has 110 valence electrons. The largest absolute Gasteiger partial charge is 0.342 e. The molecule has 0 unspecified atom stereocenters. The second-order valence-corrected chi connectivity index (χ2v) is 6.10. The van der Waals surface area contributed by atoms with Crippen LogP contribution < -0.4 is 0 Å². The van der Waals surface area contributed by atoms with Gasteiger partial charge in [-0.15, -0.1) is 0 Å². The fraction of sp³-hybridized carbons (Fsp3) is 0.562. The van der Waals surface area contributed by atoms with E-state index in [4.69, 9.17) is 4.98 Å². The maximum atomic E-state index is 12.2. The summed E-state index contributed by atoms with van der Waals surface area (Å²) in [6, 6.07) is 3.94. The predicted molar refractivity (Wildman–Crippen MR) is 79.9 cm³/mol. The summed E-state index contributed by atoms with van der Waals surface area (Å²) in [7, 11) is 0. The van der Waals surface area contributed by atoms with Crippen molar-refractivity contribution in [3.05, 3.63) is 24.2 Å². The summed E-state index contributed by atoms with van der Waals surface area (Å²) >= 11 is 0. The van der Waals surface area contributed by atoms with Crippen LogP contribution >= 0.6 is 0 Å². The second-order valence-electron chi connectivity index (χ2n) is 6.10. The zero-order valence-electron chi connectivity index (χ0n) is 12.3. The van der Waals surface area contributed by atoms with Crippen molar-refractivity contribution in [2.45, 2.75) is 38.6 Å². The Kier molecular flexibility index (Phi) is 2.94. The van der Waals surface area contributed by atoms with Gasteiger partial charge in [0.2, 0.25) is 5.91 Å². The lowest BCUT2D eigenvalue weighted by Crippen LogP contribution is -2.29. The average Bonchev–Trinajstić information content (AvgIpc) is 3.12. The minimum atomic E-state index is 0.315. The molecule has 2 aromatic heterocycles. The molecule has 0 bridgehead atoms. The van der Waals surface area contributed by atoms with Gasteiger partial charge in [0.1, 0.15) is 11.3 Å². The van der Waals surface area contributed by atoms with E-state index in [1.54, 1.807) is 0 Å². The molecule has 0 spiro atoms. The fourth-order valence-electron chi connectivity index (χ4n) is 3.36. The molecule has 1 atom stereocenters. The Morgan fingerprint density at radius 1 is 1.38 bits per heavy atom. The highest BCUT2D eigenvalue weighted by molar-refractivity contribution is 5.81. The fourth-order valence-corrected chi connectivity index (χ4v) is 3.36. The highest BCUT2D eigenvalue weighted by atomic mass is 16.2. The molecule has 1 saturated heterocycles. The second kappa shape index (κ2) is 4.83. The smallest absolute Gasteiger partial charge is 0.225 e. The van der Waals surface area contributed by atoms with Gasteiger partial charge in [0, 0.05) is 37.7 Å². The number of aromatic nitrogens is 3. The molecule has 2 aliphatic rings. The first-order valence-corrected chi connectivity index (χ1v) is 7.88. The van der Waals surface area contributed by atoms with E-state index >= 15 is 0 Å². The van der Waals surface area contributed by atoms with Gasteiger partial charge in [0.15, 0.2) is 5.65 Å². The average molecular weight is 284 g/mol. The standard InChI is InChI=1S/C16H20N4O/c1-2-20-14(18-13-4-3-8-17-15(13)20)12-7-9-19(10-12)16(21)11-5-6-11/h3-4,8,11-12H,2,5-7,9-10H2,1H3/t12-/m1/s1. The SMILES string of the molecule is CCn1c([C@@H]2CCN(C(=O)C3CC3)C2)nc2cccnc21. The Balaban J connectivity index is 1.63. The van der Waals surface area contributed by atoms with Gasteiger partial charge < -0.3 is 9.47 Å². The monoisotopic (exact) mass is 284 g/mol. The van der Waals surface area contributed by atoms with Crippen LogP contribution in [0.15, 0.2) is 18.3 Å². The molecule has 3 heterocycles. The van der Waals surface area contributed by atoms with Crippen molar-refractivity contribution in [1.82, 2.24) is 19.4 Å². The predicted octanol–water partition coefficient (Wildman–Crippen LogP) is 2.18. The summed E-state index contributed by atoms with van der Waals surface area (Å²) in [5.41, 5.74) is 1.92. The Hall–Kier alpha value is -1.91. The summed E-state index contributed by atoms with van der Waals surface area (Å²) in [5, 5.41) is 0. The Labute approximate surface area is 124 Å². The van der Waals surface area contributed by atoms with Crippen molar-refractivity contribution in [2.75, 3.05) is 13.1 Å². The molecule has 1 amide bonds. The Morgan fingerprint density at radius 3 is 3.00 bits per heavy atom. The van der Waals surface area contributed by atoms with Crippen molar-refractivity contribution in [2.24, 2.45) is 5.92 Å². The minimum absolute atomic E-state index is 0.315. The van der Waals surface area contributed by atoms with Crippen molar-refractivity contribution >= 4 is 17.1 Å². The van der Waals surface area contributed by atoms with Crippen LogP contribution in [0.5, 0.6) is 0 Å². The number of imidazole rings is 1. The number of rotatable bonds is 3. The normalized spacial score (nSPS) is 22.1. The van der Waals surface area contributed by atoms with E-state index in [9.17, 15) is 4.79 Å². The van der Waals surface area contributed by atoms with Crippen molar-refractivity contribution in [1.29, 1.82) is 0 Å². The summed E-state index contributed by atoms with van der Waals surface area (Å²) in [4.78, 5) is 23.5. The molecule has 2 fully saturated rings. The van der Waals surface area contributed by atoms with Crippen LogP contribution in [0.25, 0.3) is 11.2 Å². The van der Waals surface area contributed by atoms with Gasteiger partial charge in [-0.25, -0.2) is 9.97 Å². The zero-order valence-corrected chi connectivity index (χ0v) is 12.3. The number of carbonyl (C=O) groups excluding carboxylic acids is 1. The van der Waals surface area contributed by atoms with E-state index in [-0.39, 0.29) is 0 Å². The molecule has 1 aliphatic heterocycles. The number of hydrogen-bond acceptors (Lipinski definition) is 3. The first-order chi connectivity index (χ1) is 10.3. The van der Waals surface area contributed by atoms with Crippen molar-refractivity contribution in [3.63, 3.8) is 0 Å². The molecule has 4 rings (SSSR count). The third kappa shape index (κ3) is 2.11.